The zero-order valence-corrected chi connectivity index (χ0v) is 15.7. The van der Waals surface area contributed by atoms with Crippen LogP contribution in [0.3, 0.4) is 0 Å². The first-order valence-electron chi connectivity index (χ1n) is 8.06. The number of hydrogen-bond donors (Lipinski definition) is 0. The largest absolute Gasteiger partial charge is 0.347 e. The fourth-order valence-corrected chi connectivity index (χ4v) is 4.18. The van der Waals surface area contributed by atoms with E-state index in [1.807, 2.05) is 11.0 Å². The third-order valence-corrected chi connectivity index (χ3v) is 6.08. The van der Waals surface area contributed by atoms with Crippen LogP contribution in [0.25, 0.3) is 11.3 Å². The van der Waals surface area contributed by atoms with Crippen LogP contribution in [0.1, 0.15) is 22.5 Å². The molecule has 25 heavy (non-hydrogen) atoms. The average molecular weight is 399 g/mol. The number of amides is 1. The van der Waals surface area contributed by atoms with Gasteiger partial charge in [-0.1, -0.05) is 29.3 Å². The van der Waals surface area contributed by atoms with Crippen LogP contribution in [0.4, 0.5) is 0 Å². The molecule has 2 aromatic rings. The van der Waals surface area contributed by atoms with E-state index in [1.54, 1.807) is 18.2 Å². The lowest BCUT2D eigenvalue weighted by molar-refractivity contribution is -0.181. The molecule has 1 aromatic carbocycles. The van der Waals surface area contributed by atoms with Crippen molar-refractivity contribution in [3.63, 3.8) is 0 Å². The zero-order valence-electron chi connectivity index (χ0n) is 13.3. The molecule has 0 saturated carbocycles. The molecule has 3 heterocycles. The Balaban J connectivity index is 1.46. The van der Waals surface area contributed by atoms with Crippen molar-refractivity contribution in [3.05, 3.63) is 39.2 Å². The van der Waals surface area contributed by atoms with Crippen molar-refractivity contribution in [2.45, 2.75) is 18.6 Å². The Hall–Kier alpha value is -1.18. The summed E-state index contributed by atoms with van der Waals surface area (Å²) in [4.78, 5) is 15.2. The Morgan fingerprint density at radius 3 is 2.52 bits per heavy atom. The second kappa shape index (κ2) is 6.85. The Kier molecular flexibility index (Phi) is 4.73. The third-order valence-electron chi connectivity index (χ3n) is 4.56. The van der Waals surface area contributed by atoms with E-state index in [0.717, 1.165) is 11.3 Å². The maximum atomic E-state index is 12.7. The van der Waals surface area contributed by atoms with Crippen molar-refractivity contribution in [1.29, 1.82) is 0 Å². The summed E-state index contributed by atoms with van der Waals surface area (Å²) in [6, 6.07) is 7.13. The van der Waals surface area contributed by atoms with Gasteiger partial charge in [0.15, 0.2) is 5.79 Å². The highest BCUT2D eigenvalue weighted by Gasteiger charge is 2.41. The average Bonchev–Trinajstić information content (AvgIpc) is 3.28. The topological polar surface area (TPSA) is 51.7 Å². The van der Waals surface area contributed by atoms with Crippen molar-refractivity contribution in [2.24, 2.45) is 0 Å². The van der Waals surface area contributed by atoms with Gasteiger partial charge in [-0.05, 0) is 29.7 Å². The first-order chi connectivity index (χ1) is 12.1. The number of nitrogens with zero attached hydrogens (tertiary/aromatic N) is 2. The van der Waals surface area contributed by atoms with Gasteiger partial charge in [-0.15, -0.1) is 0 Å². The molecule has 0 N–H and O–H groups in total. The number of halogens is 2. The number of piperidine rings is 1. The number of carbonyl (C=O) groups is 1. The van der Waals surface area contributed by atoms with Crippen molar-refractivity contribution in [1.82, 2.24) is 9.27 Å². The SMILES string of the molecule is O=C(c1cc(-c2ccc(Cl)c(Cl)c2)ns1)N1CCC2(CC1)OCCO2. The van der Waals surface area contributed by atoms with E-state index >= 15 is 0 Å². The summed E-state index contributed by atoms with van der Waals surface area (Å²) < 4.78 is 15.8. The lowest BCUT2D eigenvalue weighted by Gasteiger charge is -2.37. The second-order valence-electron chi connectivity index (χ2n) is 6.11. The predicted molar refractivity (Wildman–Crippen MR) is 97.3 cm³/mol. The Bertz CT molecular complexity index is 795. The standard InChI is InChI=1S/C17H16Cl2N2O3S/c18-12-2-1-11(9-13(12)19)14-10-15(25-20-14)16(22)21-5-3-17(4-6-21)23-7-8-24-17/h1-2,9-10H,3-8H2. The highest BCUT2D eigenvalue weighted by molar-refractivity contribution is 7.08. The maximum absolute atomic E-state index is 12.7. The number of hydrogen-bond acceptors (Lipinski definition) is 5. The van der Waals surface area contributed by atoms with Gasteiger partial charge in [-0.3, -0.25) is 4.79 Å². The zero-order chi connectivity index (χ0) is 17.4. The van der Waals surface area contributed by atoms with Crippen LogP contribution >= 0.6 is 34.7 Å². The molecule has 132 valence electrons. The van der Waals surface area contributed by atoms with Crippen molar-refractivity contribution in [2.75, 3.05) is 26.3 Å². The summed E-state index contributed by atoms with van der Waals surface area (Å²) in [6.07, 6.45) is 1.41. The van der Waals surface area contributed by atoms with Gasteiger partial charge in [-0.2, -0.15) is 4.37 Å². The lowest BCUT2D eigenvalue weighted by Crippen LogP contribution is -2.47. The summed E-state index contributed by atoms with van der Waals surface area (Å²) in [5.74, 6) is -0.480. The molecule has 4 rings (SSSR count). The fraction of sp³-hybridized carbons (Fsp3) is 0.412. The molecule has 2 fully saturated rings. The third kappa shape index (κ3) is 3.41. The van der Waals surface area contributed by atoms with Crippen LogP contribution in [-0.2, 0) is 9.47 Å². The molecule has 2 aliphatic heterocycles. The first kappa shape index (κ1) is 17.2. The molecule has 0 radical (unpaired) electrons. The predicted octanol–water partition coefficient (Wildman–Crippen LogP) is 4.10. The van der Waals surface area contributed by atoms with Gasteiger partial charge in [0.1, 0.15) is 4.88 Å². The van der Waals surface area contributed by atoms with E-state index in [1.165, 1.54) is 11.5 Å². The summed E-state index contributed by atoms with van der Waals surface area (Å²) in [5, 5.41) is 0.966. The van der Waals surface area contributed by atoms with Crippen molar-refractivity contribution < 1.29 is 14.3 Å². The number of likely N-dealkylation sites (tertiary alicyclic amines) is 1. The molecule has 0 aliphatic carbocycles. The summed E-state index contributed by atoms with van der Waals surface area (Å²) in [5.41, 5.74) is 1.57. The van der Waals surface area contributed by atoms with Gasteiger partial charge < -0.3 is 14.4 Å². The minimum Gasteiger partial charge on any atom is -0.347 e. The van der Waals surface area contributed by atoms with E-state index < -0.39 is 5.79 Å². The molecular weight excluding hydrogens is 383 g/mol. The maximum Gasteiger partial charge on any atom is 0.265 e. The minimum atomic E-state index is -0.476. The van der Waals surface area contributed by atoms with Gasteiger partial charge >= 0.3 is 0 Å². The Labute approximate surface area is 159 Å². The number of aromatic nitrogens is 1. The smallest absolute Gasteiger partial charge is 0.265 e. The van der Waals surface area contributed by atoms with Gasteiger partial charge in [0.25, 0.3) is 5.91 Å². The van der Waals surface area contributed by atoms with E-state index in [2.05, 4.69) is 4.37 Å². The Morgan fingerprint density at radius 2 is 1.84 bits per heavy atom. The van der Waals surface area contributed by atoms with E-state index in [0.29, 0.717) is 54.1 Å². The summed E-state index contributed by atoms with van der Waals surface area (Å²) >= 11 is 13.2. The number of rotatable bonds is 2. The fourth-order valence-electron chi connectivity index (χ4n) is 3.16. The quantitative estimate of drug-likeness (QED) is 0.763. The van der Waals surface area contributed by atoms with Crippen molar-refractivity contribution >= 4 is 40.6 Å². The summed E-state index contributed by atoms with van der Waals surface area (Å²) in [6.45, 7) is 2.52. The first-order valence-corrected chi connectivity index (χ1v) is 9.59. The molecule has 2 saturated heterocycles. The van der Waals surface area contributed by atoms with Crippen LogP contribution in [0, 0.1) is 0 Å². The van der Waals surface area contributed by atoms with E-state index in [-0.39, 0.29) is 5.91 Å². The van der Waals surface area contributed by atoms with Gasteiger partial charge in [0, 0.05) is 31.5 Å². The molecule has 5 nitrogen and oxygen atoms in total. The van der Waals surface area contributed by atoms with Crippen LogP contribution in [-0.4, -0.2) is 47.3 Å². The highest BCUT2D eigenvalue weighted by atomic mass is 35.5. The van der Waals surface area contributed by atoms with Gasteiger partial charge in [0.05, 0.1) is 29.0 Å². The molecular formula is C17H16Cl2N2O3S. The lowest BCUT2D eigenvalue weighted by atomic mass is 10.0. The molecule has 1 spiro atoms. The van der Waals surface area contributed by atoms with E-state index in [4.69, 9.17) is 32.7 Å². The number of benzene rings is 1. The van der Waals surface area contributed by atoms with Gasteiger partial charge in [0.2, 0.25) is 0 Å². The highest BCUT2D eigenvalue weighted by Crippen LogP contribution is 2.33. The molecule has 0 bridgehead atoms. The molecule has 2 aliphatic rings. The van der Waals surface area contributed by atoms with Crippen LogP contribution in [0.15, 0.2) is 24.3 Å². The number of ether oxygens (including phenoxy) is 2. The van der Waals surface area contributed by atoms with Crippen LogP contribution in [0.2, 0.25) is 10.0 Å². The monoisotopic (exact) mass is 398 g/mol. The second-order valence-corrected chi connectivity index (χ2v) is 7.72. The normalized spacial score (nSPS) is 19.5. The van der Waals surface area contributed by atoms with E-state index in [9.17, 15) is 4.79 Å². The molecule has 1 amide bonds. The number of carbonyl (C=O) groups excluding carboxylic acids is 1. The van der Waals surface area contributed by atoms with Gasteiger partial charge in [-0.25, -0.2) is 0 Å². The molecule has 1 aromatic heterocycles. The van der Waals surface area contributed by atoms with Crippen LogP contribution < -0.4 is 0 Å². The minimum absolute atomic E-state index is 0.00309. The molecule has 0 atom stereocenters. The Morgan fingerprint density at radius 1 is 1.12 bits per heavy atom. The van der Waals surface area contributed by atoms with Crippen LogP contribution in [0.5, 0.6) is 0 Å². The van der Waals surface area contributed by atoms with Crippen molar-refractivity contribution in [3.8, 4) is 11.3 Å². The summed E-state index contributed by atoms with van der Waals surface area (Å²) in [7, 11) is 0. The molecule has 8 heteroatoms. The molecule has 0 unspecified atom stereocenters.